The second-order valence-electron chi connectivity index (χ2n) is 5.66. The van der Waals surface area contributed by atoms with E-state index in [1.165, 1.54) is 34.2 Å². The van der Waals surface area contributed by atoms with Gasteiger partial charge in [0, 0.05) is 19.0 Å². The first-order chi connectivity index (χ1) is 9.24. The second-order valence-corrected chi connectivity index (χ2v) is 5.66. The number of aryl methyl sites for hydroxylation is 2. The van der Waals surface area contributed by atoms with Gasteiger partial charge in [-0.1, -0.05) is 48.0 Å². The molecule has 1 atom stereocenters. The summed E-state index contributed by atoms with van der Waals surface area (Å²) < 4.78 is 0. The summed E-state index contributed by atoms with van der Waals surface area (Å²) in [5, 5.41) is 3.61. The average molecular weight is 251 g/mol. The molecule has 0 radical (unpaired) electrons. The van der Waals surface area contributed by atoms with Gasteiger partial charge in [0.25, 0.3) is 0 Å². The van der Waals surface area contributed by atoms with Gasteiger partial charge in [-0.2, -0.15) is 0 Å². The minimum Gasteiger partial charge on any atom is -0.312 e. The molecule has 1 nitrogen and oxygen atoms in total. The van der Waals surface area contributed by atoms with Gasteiger partial charge >= 0.3 is 0 Å². The highest BCUT2D eigenvalue weighted by Crippen LogP contribution is 2.34. The Morgan fingerprint density at radius 1 is 1.11 bits per heavy atom. The lowest BCUT2D eigenvalue weighted by molar-refractivity contribution is 0.535. The largest absolute Gasteiger partial charge is 0.312 e. The van der Waals surface area contributed by atoms with Gasteiger partial charge in [0.2, 0.25) is 0 Å². The summed E-state index contributed by atoms with van der Waals surface area (Å²) in [5.74, 6) is 0.710. The maximum absolute atomic E-state index is 3.61. The van der Waals surface area contributed by atoms with Gasteiger partial charge in [-0.3, -0.25) is 0 Å². The fourth-order valence-corrected chi connectivity index (χ4v) is 2.92. The van der Waals surface area contributed by atoms with E-state index in [2.05, 4.69) is 61.6 Å². The van der Waals surface area contributed by atoms with Gasteiger partial charge in [0.15, 0.2) is 0 Å². The Morgan fingerprint density at radius 3 is 2.79 bits per heavy atom. The molecule has 0 amide bonds. The van der Waals surface area contributed by atoms with Crippen molar-refractivity contribution < 1.29 is 0 Å². The number of hydrogen-bond acceptors (Lipinski definition) is 1. The van der Waals surface area contributed by atoms with Gasteiger partial charge < -0.3 is 5.32 Å². The zero-order valence-electron chi connectivity index (χ0n) is 11.7. The lowest BCUT2D eigenvalue weighted by Crippen LogP contribution is -2.29. The van der Waals surface area contributed by atoms with E-state index in [-0.39, 0.29) is 0 Å². The maximum atomic E-state index is 3.61. The van der Waals surface area contributed by atoms with Gasteiger partial charge in [0.1, 0.15) is 0 Å². The molecular weight excluding hydrogens is 230 g/mol. The van der Waals surface area contributed by atoms with E-state index < -0.39 is 0 Å². The zero-order valence-corrected chi connectivity index (χ0v) is 11.7. The molecule has 3 rings (SSSR count). The Kier molecular flexibility index (Phi) is 3.39. The number of fused-ring (bicyclic) bond motifs is 1. The van der Waals surface area contributed by atoms with Crippen LogP contribution < -0.4 is 5.32 Å². The number of benzene rings is 2. The van der Waals surface area contributed by atoms with E-state index in [9.17, 15) is 0 Å². The molecule has 0 aliphatic heterocycles. The van der Waals surface area contributed by atoms with Crippen LogP contribution in [0.15, 0.2) is 42.5 Å². The van der Waals surface area contributed by atoms with Crippen LogP contribution >= 0.6 is 0 Å². The lowest BCUT2D eigenvalue weighted by atomic mass is 9.77. The minimum absolute atomic E-state index is 0.710. The average Bonchev–Trinajstić information content (AvgIpc) is 2.39. The van der Waals surface area contributed by atoms with Crippen LogP contribution in [0, 0.1) is 13.8 Å². The summed E-state index contributed by atoms with van der Waals surface area (Å²) in [6, 6.07) is 15.5. The Balaban J connectivity index is 1.56. The number of hydrogen-bond donors (Lipinski definition) is 1. The summed E-state index contributed by atoms with van der Waals surface area (Å²) in [4.78, 5) is 0. The Bertz CT molecular complexity index is 586. The highest BCUT2D eigenvalue weighted by atomic mass is 14.9. The SMILES string of the molecule is Cc1ccc(C)c(CNCC2Cc3ccccc32)c1. The minimum atomic E-state index is 0.710. The van der Waals surface area contributed by atoms with E-state index in [1.54, 1.807) is 0 Å². The fraction of sp³-hybridized carbons (Fsp3) is 0.333. The molecule has 19 heavy (non-hydrogen) atoms. The summed E-state index contributed by atoms with van der Waals surface area (Å²) in [5.41, 5.74) is 7.22. The first-order valence-electron chi connectivity index (χ1n) is 7.08. The highest BCUT2D eigenvalue weighted by molar-refractivity contribution is 5.40. The third-order valence-corrected chi connectivity index (χ3v) is 4.17. The van der Waals surface area contributed by atoms with Crippen molar-refractivity contribution in [2.75, 3.05) is 6.54 Å². The van der Waals surface area contributed by atoms with Crippen LogP contribution in [0.1, 0.15) is 33.7 Å². The smallest absolute Gasteiger partial charge is 0.0208 e. The molecule has 1 unspecified atom stereocenters. The molecule has 0 saturated heterocycles. The molecule has 2 aromatic rings. The molecule has 0 saturated carbocycles. The van der Waals surface area contributed by atoms with E-state index in [0.717, 1.165) is 13.1 Å². The first-order valence-corrected chi connectivity index (χ1v) is 7.08. The predicted octanol–water partition coefficient (Wildman–Crippen LogP) is 3.73. The molecule has 0 bridgehead atoms. The molecule has 0 aromatic heterocycles. The van der Waals surface area contributed by atoms with Crippen molar-refractivity contribution in [3.05, 3.63) is 70.3 Å². The normalized spacial score (nSPS) is 16.8. The van der Waals surface area contributed by atoms with E-state index in [4.69, 9.17) is 0 Å². The van der Waals surface area contributed by atoms with Crippen molar-refractivity contribution in [2.45, 2.75) is 32.7 Å². The van der Waals surface area contributed by atoms with Crippen molar-refractivity contribution in [2.24, 2.45) is 0 Å². The third-order valence-electron chi connectivity index (χ3n) is 4.17. The fourth-order valence-electron chi connectivity index (χ4n) is 2.92. The molecule has 0 spiro atoms. The maximum Gasteiger partial charge on any atom is 0.0208 e. The van der Waals surface area contributed by atoms with E-state index >= 15 is 0 Å². The molecular formula is C18H21N. The lowest BCUT2D eigenvalue weighted by Gasteiger charge is -2.30. The van der Waals surface area contributed by atoms with Crippen LogP contribution in [0.3, 0.4) is 0 Å². The monoisotopic (exact) mass is 251 g/mol. The Hall–Kier alpha value is -1.60. The zero-order chi connectivity index (χ0) is 13.2. The highest BCUT2D eigenvalue weighted by Gasteiger charge is 2.24. The van der Waals surface area contributed by atoms with Crippen LogP contribution in [0.4, 0.5) is 0 Å². The number of nitrogens with one attached hydrogen (secondary N) is 1. The second kappa shape index (κ2) is 5.18. The molecule has 0 fully saturated rings. The summed E-state index contributed by atoms with van der Waals surface area (Å²) in [7, 11) is 0. The first kappa shape index (κ1) is 12.4. The van der Waals surface area contributed by atoms with E-state index in [0.29, 0.717) is 5.92 Å². The third kappa shape index (κ3) is 2.57. The molecule has 0 heterocycles. The van der Waals surface area contributed by atoms with Crippen LogP contribution in [-0.2, 0) is 13.0 Å². The summed E-state index contributed by atoms with van der Waals surface area (Å²) >= 11 is 0. The van der Waals surface area contributed by atoms with Gasteiger partial charge in [-0.25, -0.2) is 0 Å². The molecule has 1 aliphatic rings. The molecule has 98 valence electrons. The Morgan fingerprint density at radius 2 is 1.95 bits per heavy atom. The van der Waals surface area contributed by atoms with Crippen LogP contribution in [-0.4, -0.2) is 6.54 Å². The number of rotatable bonds is 4. The van der Waals surface area contributed by atoms with Crippen LogP contribution in [0.2, 0.25) is 0 Å². The molecule has 1 aliphatic carbocycles. The van der Waals surface area contributed by atoms with Crippen molar-refractivity contribution in [3.63, 3.8) is 0 Å². The predicted molar refractivity (Wildman–Crippen MR) is 80.5 cm³/mol. The molecule has 2 aromatic carbocycles. The van der Waals surface area contributed by atoms with E-state index in [1.807, 2.05) is 0 Å². The van der Waals surface area contributed by atoms with Crippen LogP contribution in [0.5, 0.6) is 0 Å². The van der Waals surface area contributed by atoms with Crippen LogP contribution in [0.25, 0.3) is 0 Å². The quantitative estimate of drug-likeness (QED) is 0.873. The van der Waals surface area contributed by atoms with Gasteiger partial charge in [-0.05, 0) is 42.5 Å². The van der Waals surface area contributed by atoms with Crippen molar-refractivity contribution >= 4 is 0 Å². The van der Waals surface area contributed by atoms with Gasteiger partial charge in [-0.15, -0.1) is 0 Å². The summed E-state index contributed by atoms with van der Waals surface area (Å²) in [6.45, 7) is 6.41. The standard InChI is InChI=1S/C18H21N/c1-13-7-8-14(2)16(9-13)11-19-12-17-10-15-5-3-4-6-18(15)17/h3-9,17,19H,10-12H2,1-2H3. The van der Waals surface area contributed by atoms with Crippen molar-refractivity contribution in [1.29, 1.82) is 0 Å². The topological polar surface area (TPSA) is 12.0 Å². The van der Waals surface area contributed by atoms with Crippen molar-refractivity contribution in [3.8, 4) is 0 Å². The van der Waals surface area contributed by atoms with Gasteiger partial charge in [0.05, 0.1) is 0 Å². The Labute approximate surface area is 115 Å². The molecule has 1 heteroatoms. The molecule has 1 N–H and O–H groups in total. The van der Waals surface area contributed by atoms with Crippen molar-refractivity contribution in [1.82, 2.24) is 5.32 Å². The summed E-state index contributed by atoms with van der Waals surface area (Å²) in [6.07, 6.45) is 1.23.